The van der Waals surface area contributed by atoms with E-state index in [2.05, 4.69) is 55.7 Å². The molecule has 0 bridgehead atoms. The summed E-state index contributed by atoms with van der Waals surface area (Å²) < 4.78 is 0. The van der Waals surface area contributed by atoms with E-state index in [9.17, 15) is 0 Å². The van der Waals surface area contributed by atoms with Crippen LogP contribution in [0.25, 0.3) is 0 Å². The van der Waals surface area contributed by atoms with Gasteiger partial charge in [-0.25, -0.2) is 0 Å². The summed E-state index contributed by atoms with van der Waals surface area (Å²) >= 11 is 0. The smallest absolute Gasteiger partial charge is 0.0579 e. The van der Waals surface area contributed by atoms with Gasteiger partial charge in [0.1, 0.15) is 0 Å². The third-order valence-corrected chi connectivity index (χ3v) is 2.89. The summed E-state index contributed by atoms with van der Waals surface area (Å²) in [7, 11) is 0. The van der Waals surface area contributed by atoms with Crippen LogP contribution in [0.1, 0.15) is 20.8 Å². The van der Waals surface area contributed by atoms with E-state index in [1.165, 1.54) is 11.4 Å². The summed E-state index contributed by atoms with van der Waals surface area (Å²) in [6.45, 7) is 6.74. The second-order valence-corrected chi connectivity index (χ2v) is 4.39. The van der Waals surface area contributed by atoms with Crippen molar-refractivity contribution in [2.45, 2.75) is 32.9 Å². The second-order valence-electron chi connectivity index (χ2n) is 4.39. The number of benzene rings is 1. The molecule has 2 heteroatoms. The number of fused-ring (bicyclic) bond motifs is 1. The molecule has 0 radical (unpaired) electrons. The second kappa shape index (κ2) is 3.52. The molecule has 0 amide bonds. The number of para-hydroxylation sites is 2. The van der Waals surface area contributed by atoms with Gasteiger partial charge in [-0.15, -0.1) is 0 Å². The summed E-state index contributed by atoms with van der Waals surface area (Å²) in [5, 5.41) is 7.11. The van der Waals surface area contributed by atoms with Gasteiger partial charge in [-0.2, -0.15) is 0 Å². The minimum absolute atomic E-state index is 0.491. The zero-order valence-electron chi connectivity index (χ0n) is 9.04. The van der Waals surface area contributed by atoms with Gasteiger partial charge in [0, 0.05) is 12.1 Å². The number of hydrogen-bond acceptors (Lipinski definition) is 2. The lowest BCUT2D eigenvalue weighted by Crippen LogP contribution is -2.44. The Morgan fingerprint density at radius 2 is 1.64 bits per heavy atom. The van der Waals surface area contributed by atoms with Gasteiger partial charge in [-0.1, -0.05) is 26.0 Å². The third kappa shape index (κ3) is 1.57. The minimum Gasteiger partial charge on any atom is -0.379 e. The van der Waals surface area contributed by atoms with Gasteiger partial charge in [0.05, 0.1) is 11.4 Å². The van der Waals surface area contributed by atoms with Gasteiger partial charge in [0.2, 0.25) is 0 Å². The molecule has 2 nitrogen and oxygen atoms in total. The first kappa shape index (κ1) is 9.38. The highest BCUT2D eigenvalue weighted by Gasteiger charge is 2.25. The van der Waals surface area contributed by atoms with E-state index in [4.69, 9.17) is 0 Å². The van der Waals surface area contributed by atoms with Gasteiger partial charge in [-0.3, -0.25) is 0 Å². The van der Waals surface area contributed by atoms with Crippen molar-refractivity contribution in [3.63, 3.8) is 0 Å². The molecule has 1 aliphatic rings. The van der Waals surface area contributed by atoms with Gasteiger partial charge in [0.15, 0.2) is 0 Å². The molecule has 76 valence electrons. The normalized spacial score (nSPS) is 25.1. The van der Waals surface area contributed by atoms with Crippen LogP contribution >= 0.6 is 0 Å². The van der Waals surface area contributed by atoms with Crippen molar-refractivity contribution >= 4 is 11.4 Å². The van der Waals surface area contributed by atoms with Crippen LogP contribution < -0.4 is 10.6 Å². The molecule has 1 aliphatic heterocycles. The van der Waals surface area contributed by atoms with Crippen LogP contribution in [-0.4, -0.2) is 12.1 Å². The quantitative estimate of drug-likeness (QED) is 0.711. The first-order valence-electron chi connectivity index (χ1n) is 5.30. The van der Waals surface area contributed by atoms with E-state index in [1.807, 2.05) is 0 Å². The van der Waals surface area contributed by atoms with Crippen molar-refractivity contribution in [3.05, 3.63) is 24.3 Å². The van der Waals surface area contributed by atoms with Crippen LogP contribution in [-0.2, 0) is 0 Å². The Morgan fingerprint density at radius 3 is 2.21 bits per heavy atom. The van der Waals surface area contributed by atoms with Gasteiger partial charge in [-0.05, 0) is 25.0 Å². The Kier molecular flexibility index (Phi) is 2.36. The maximum absolute atomic E-state index is 3.58. The highest BCUT2D eigenvalue weighted by Crippen LogP contribution is 2.30. The molecule has 1 aromatic carbocycles. The van der Waals surface area contributed by atoms with E-state index in [1.54, 1.807) is 0 Å². The summed E-state index contributed by atoms with van der Waals surface area (Å²) in [5.41, 5.74) is 2.45. The molecule has 1 aromatic rings. The van der Waals surface area contributed by atoms with Crippen molar-refractivity contribution in [2.75, 3.05) is 10.6 Å². The zero-order chi connectivity index (χ0) is 10.1. The fourth-order valence-corrected chi connectivity index (χ4v) is 2.12. The molecule has 0 unspecified atom stereocenters. The predicted octanol–water partition coefficient (Wildman–Crippen LogP) is 2.94. The van der Waals surface area contributed by atoms with E-state index in [-0.39, 0.29) is 0 Å². The van der Waals surface area contributed by atoms with E-state index in [0.29, 0.717) is 18.0 Å². The molecule has 0 fully saturated rings. The monoisotopic (exact) mass is 190 g/mol. The Morgan fingerprint density at radius 1 is 1.07 bits per heavy atom. The summed E-state index contributed by atoms with van der Waals surface area (Å²) in [6.07, 6.45) is 0. The molecule has 0 spiro atoms. The average Bonchev–Trinajstić information content (AvgIpc) is 2.16. The van der Waals surface area contributed by atoms with Crippen LogP contribution in [0, 0.1) is 5.92 Å². The Hall–Kier alpha value is -1.18. The fourth-order valence-electron chi connectivity index (χ4n) is 2.12. The Labute approximate surface area is 85.7 Å². The minimum atomic E-state index is 0.491. The van der Waals surface area contributed by atoms with Crippen LogP contribution in [0.4, 0.5) is 11.4 Å². The molecule has 2 rings (SSSR count). The van der Waals surface area contributed by atoms with Crippen LogP contribution in [0.5, 0.6) is 0 Å². The Balaban J connectivity index is 2.27. The molecule has 0 aromatic heterocycles. The van der Waals surface area contributed by atoms with Gasteiger partial charge < -0.3 is 10.6 Å². The van der Waals surface area contributed by atoms with Crippen LogP contribution in [0.2, 0.25) is 0 Å². The molecule has 1 heterocycles. The maximum atomic E-state index is 3.58. The fraction of sp³-hybridized carbons (Fsp3) is 0.500. The highest BCUT2D eigenvalue weighted by atomic mass is 15.1. The van der Waals surface area contributed by atoms with E-state index >= 15 is 0 Å². The lowest BCUT2D eigenvalue weighted by Gasteiger charge is -2.36. The summed E-state index contributed by atoms with van der Waals surface area (Å²) in [6, 6.07) is 9.39. The molecular formula is C12H18N2. The van der Waals surface area contributed by atoms with Crippen LogP contribution in [0.3, 0.4) is 0 Å². The average molecular weight is 190 g/mol. The molecule has 0 aliphatic carbocycles. The molecular weight excluding hydrogens is 172 g/mol. The standard InChI is InChI=1S/C12H18N2/c1-8(2)12-9(3)13-10-6-4-5-7-11(10)14-12/h4-9,12-14H,1-3H3/t9-,12+/m0/s1. The molecule has 0 saturated heterocycles. The number of nitrogens with one attached hydrogen (secondary N) is 2. The van der Waals surface area contributed by atoms with E-state index in [0.717, 1.165) is 0 Å². The number of anilines is 2. The SMILES string of the molecule is CC(C)[C@H]1Nc2ccccc2N[C@H]1C. The van der Waals surface area contributed by atoms with Crippen molar-refractivity contribution in [2.24, 2.45) is 5.92 Å². The lowest BCUT2D eigenvalue weighted by molar-refractivity contribution is 0.472. The molecule has 2 N–H and O–H groups in total. The highest BCUT2D eigenvalue weighted by molar-refractivity contribution is 5.71. The maximum Gasteiger partial charge on any atom is 0.0579 e. The van der Waals surface area contributed by atoms with Crippen molar-refractivity contribution < 1.29 is 0 Å². The number of hydrogen-bond donors (Lipinski definition) is 2. The Bertz CT molecular complexity index is 320. The van der Waals surface area contributed by atoms with Crippen molar-refractivity contribution in [3.8, 4) is 0 Å². The number of rotatable bonds is 1. The first-order valence-corrected chi connectivity index (χ1v) is 5.30. The summed E-state index contributed by atoms with van der Waals surface area (Å²) in [4.78, 5) is 0. The molecule has 14 heavy (non-hydrogen) atoms. The molecule has 2 atom stereocenters. The summed E-state index contributed by atoms with van der Waals surface area (Å²) in [5.74, 6) is 0.644. The molecule has 0 saturated carbocycles. The van der Waals surface area contributed by atoms with E-state index < -0.39 is 0 Å². The third-order valence-electron chi connectivity index (χ3n) is 2.89. The van der Waals surface area contributed by atoms with Crippen molar-refractivity contribution in [1.82, 2.24) is 0 Å². The predicted molar refractivity (Wildman–Crippen MR) is 61.8 cm³/mol. The first-order chi connectivity index (χ1) is 6.68. The van der Waals surface area contributed by atoms with Gasteiger partial charge in [0.25, 0.3) is 0 Å². The lowest BCUT2D eigenvalue weighted by atomic mass is 9.94. The van der Waals surface area contributed by atoms with Crippen molar-refractivity contribution in [1.29, 1.82) is 0 Å². The largest absolute Gasteiger partial charge is 0.379 e. The van der Waals surface area contributed by atoms with Crippen LogP contribution in [0.15, 0.2) is 24.3 Å². The zero-order valence-corrected chi connectivity index (χ0v) is 9.04. The van der Waals surface area contributed by atoms with Gasteiger partial charge >= 0.3 is 0 Å². The topological polar surface area (TPSA) is 24.1 Å².